The second-order valence-electron chi connectivity index (χ2n) is 4.78. The minimum Gasteiger partial charge on any atom is -0.457 e. The molecule has 0 aliphatic carbocycles. The quantitative estimate of drug-likeness (QED) is 0.608. The summed E-state index contributed by atoms with van der Waals surface area (Å²) in [7, 11) is 0. The van der Waals surface area contributed by atoms with Gasteiger partial charge in [0.15, 0.2) is 0 Å². The van der Waals surface area contributed by atoms with Crippen molar-refractivity contribution in [2.45, 2.75) is 6.92 Å². The summed E-state index contributed by atoms with van der Waals surface area (Å²) in [4.78, 5) is 0. The van der Waals surface area contributed by atoms with Crippen molar-refractivity contribution in [3.05, 3.63) is 84.4 Å². The Kier molecular flexibility index (Phi) is 3.51. The van der Waals surface area contributed by atoms with Crippen LogP contribution in [0.4, 0.5) is 0 Å². The van der Waals surface area contributed by atoms with Crippen molar-refractivity contribution in [3.63, 3.8) is 0 Å². The zero-order valence-electron chi connectivity index (χ0n) is 11.4. The minimum absolute atomic E-state index is 0.854. The first-order valence-corrected chi connectivity index (χ1v) is 6.72. The van der Waals surface area contributed by atoms with Gasteiger partial charge in [-0.15, -0.1) is 0 Å². The molecule has 1 heteroatoms. The average molecular weight is 260 g/mol. The van der Waals surface area contributed by atoms with Gasteiger partial charge in [-0.25, -0.2) is 0 Å². The van der Waals surface area contributed by atoms with Crippen LogP contribution < -0.4 is 4.74 Å². The fourth-order valence-electron chi connectivity index (χ4n) is 2.14. The summed E-state index contributed by atoms with van der Waals surface area (Å²) in [6.07, 6.45) is 0. The van der Waals surface area contributed by atoms with Crippen LogP contribution in [0.2, 0.25) is 0 Å². The van der Waals surface area contributed by atoms with E-state index >= 15 is 0 Å². The van der Waals surface area contributed by atoms with Gasteiger partial charge >= 0.3 is 0 Å². The Morgan fingerprint density at radius 3 is 2.05 bits per heavy atom. The number of para-hydroxylation sites is 2. The molecule has 0 saturated heterocycles. The molecule has 0 spiro atoms. The Labute approximate surface area is 119 Å². The number of ether oxygens (including phenoxy) is 1. The van der Waals surface area contributed by atoms with E-state index in [0.717, 1.165) is 17.1 Å². The van der Waals surface area contributed by atoms with Gasteiger partial charge in [0.25, 0.3) is 0 Å². The van der Waals surface area contributed by atoms with Gasteiger partial charge in [0.2, 0.25) is 0 Å². The summed E-state index contributed by atoms with van der Waals surface area (Å²) < 4.78 is 5.99. The lowest BCUT2D eigenvalue weighted by molar-refractivity contribution is 0.484. The van der Waals surface area contributed by atoms with E-state index < -0.39 is 0 Å². The normalized spacial score (nSPS) is 10.2. The monoisotopic (exact) mass is 260 g/mol. The van der Waals surface area contributed by atoms with Crippen LogP contribution in [-0.4, -0.2) is 0 Å². The molecule has 1 nitrogen and oxygen atoms in total. The molecule has 0 saturated carbocycles. The molecule has 0 aromatic heterocycles. The van der Waals surface area contributed by atoms with Crippen LogP contribution in [0.5, 0.6) is 11.5 Å². The summed E-state index contributed by atoms with van der Waals surface area (Å²) in [5, 5.41) is 0. The third-order valence-electron chi connectivity index (χ3n) is 3.22. The van der Waals surface area contributed by atoms with Crippen LogP contribution >= 0.6 is 0 Å². The van der Waals surface area contributed by atoms with Gasteiger partial charge in [-0.05, 0) is 30.7 Å². The summed E-state index contributed by atoms with van der Waals surface area (Å²) in [5.41, 5.74) is 3.54. The number of benzene rings is 3. The molecule has 98 valence electrons. The van der Waals surface area contributed by atoms with Crippen molar-refractivity contribution in [2.75, 3.05) is 0 Å². The SMILES string of the molecule is Cc1ccc(-c2ccccc2Oc2ccccc2)cc1. The van der Waals surface area contributed by atoms with Gasteiger partial charge < -0.3 is 4.74 Å². The first kappa shape index (κ1) is 12.5. The minimum atomic E-state index is 0.854. The standard InChI is InChI=1S/C19H16O/c1-15-11-13-16(14-12-15)18-9-5-6-10-19(18)20-17-7-3-2-4-8-17/h2-14H,1H3. The highest BCUT2D eigenvalue weighted by Crippen LogP contribution is 2.33. The highest BCUT2D eigenvalue weighted by molar-refractivity contribution is 5.71. The van der Waals surface area contributed by atoms with Crippen LogP contribution in [0.1, 0.15) is 5.56 Å². The highest BCUT2D eigenvalue weighted by Gasteiger charge is 2.06. The Balaban J connectivity index is 1.98. The first-order chi connectivity index (χ1) is 9.83. The molecule has 0 bridgehead atoms. The van der Waals surface area contributed by atoms with E-state index in [2.05, 4.69) is 37.3 Å². The summed E-state index contributed by atoms with van der Waals surface area (Å²) >= 11 is 0. The van der Waals surface area contributed by atoms with Crippen molar-refractivity contribution < 1.29 is 4.74 Å². The van der Waals surface area contributed by atoms with Crippen LogP contribution in [0, 0.1) is 6.92 Å². The van der Waals surface area contributed by atoms with Gasteiger partial charge in [-0.3, -0.25) is 0 Å². The van der Waals surface area contributed by atoms with Crippen LogP contribution in [0.15, 0.2) is 78.9 Å². The van der Waals surface area contributed by atoms with Gasteiger partial charge in [0.1, 0.15) is 11.5 Å². The van der Waals surface area contributed by atoms with Gasteiger partial charge in [0, 0.05) is 5.56 Å². The molecule has 0 atom stereocenters. The summed E-state index contributed by atoms with van der Waals surface area (Å²) in [6, 6.07) is 26.5. The van der Waals surface area contributed by atoms with Gasteiger partial charge in [-0.2, -0.15) is 0 Å². The largest absolute Gasteiger partial charge is 0.457 e. The first-order valence-electron chi connectivity index (χ1n) is 6.72. The summed E-state index contributed by atoms with van der Waals surface area (Å²) in [5.74, 6) is 1.73. The maximum Gasteiger partial charge on any atom is 0.135 e. The van der Waals surface area contributed by atoms with Crippen molar-refractivity contribution in [1.29, 1.82) is 0 Å². The topological polar surface area (TPSA) is 9.23 Å². The predicted octanol–water partition coefficient (Wildman–Crippen LogP) is 5.45. The van der Waals surface area contributed by atoms with E-state index in [0.29, 0.717) is 0 Å². The number of aryl methyl sites for hydroxylation is 1. The Morgan fingerprint density at radius 1 is 0.650 bits per heavy atom. The number of hydrogen-bond donors (Lipinski definition) is 0. The Bertz CT molecular complexity index is 684. The molecule has 3 aromatic carbocycles. The third kappa shape index (κ3) is 2.72. The van der Waals surface area contributed by atoms with Gasteiger partial charge in [-0.1, -0.05) is 66.2 Å². The maximum absolute atomic E-state index is 5.99. The molecule has 0 unspecified atom stereocenters. The van der Waals surface area contributed by atoms with Crippen molar-refractivity contribution >= 4 is 0 Å². The Hall–Kier alpha value is -2.54. The highest BCUT2D eigenvalue weighted by atomic mass is 16.5. The summed E-state index contributed by atoms with van der Waals surface area (Å²) in [6.45, 7) is 2.09. The Morgan fingerprint density at radius 2 is 1.30 bits per heavy atom. The number of hydrogen-bond acceptors (Lipinski definition) is 1. The lowest BCUT2D eigenvalue weighted by Gasteiger charge is -2.11. The molecule has 3 rings (SSSR count). The molecular formula is C19H16O. The van der Waals surface area contributed by atoms with E-state index in [1.807, 2.05) is 48.5 Å². The van der Waals surface area contributed by atoms with Crippen molar-refractivity contribution in [1.82, 2.24) is 0 Å². The predicted molar refractivity (Wildman–Crippen MR) is 83.1 cm³/mol. The molecule has 0 radical (unpaired) electrons. The number of rotatable bonds is 3. The molecule has 0 aliphatic rings. The van der Waals surface area contributed by atoms with Crippen molar-refractivity contribution in [3.8, 4) is 22.6 Å². The maximum atomic E-state index is 5.99. The van der Waals surface area contributed by atoms with E-state index in [9.17, 15) is 0 Å². The molecule has 0 N–H and O–H groups in total. The van der Waals surface area contributed by atoms with E-state index in [1.54, 1.807) is 0 Å². The lowest BCUT2D eigenvalue weighted by Crippen LogP contribution is -1.88. The molecule has 3 aromatic rings. The molecule has 20 heavy (non-hydrogen) atoms. The zero-order valence-corrected chi connectivity index (χ0v) is 11.4. The van der Waals surface area contributed by atoms with Crippen LogP contribution in [0.25, 0.3) is 11.1 Å². The van der Waals surface area contributed by atoms with E-state index in [-0.39, 0.29) is 0 Å². The zero-order chi connectivity index (χ0) is 13.8. The lowest BCUT2D eigenvalue weighted by atomic mass is 10.0. The fourth-order valence-corrected chi connectivity index (χ4v) is 2.14. The van der Waals surface area contributed by atoms with Crippen LogP contribution in [0.3, 0.4) is 0 Å². The fraction of sp³-hybridized carbons (Fsp3) is 0.0526. The van der Waals surface area contributed by atoms with Gasteiger partial charge in [0.05, 0.1) is 0 Å². The molecule has 0 aliphatic heterocycles. The van der Waals surface area contributed by atoms with Crippen LogP contribution in [-0.2, 0) is 0 Å². The second-order valence-corrected chi connectivity index (χ2v) is 4.78. The molecule has 0 amide bonds. The van der Waals surface area contributed by atoms with Crippen molar-refractivity contribution in [2.24, 2.45) is 0 Å². The van der Waals surface area contributed by atoms with E-state index in [4.69, 9.17) is 4.74 Å². The average Bonchev–Trinajstić information content (AvgIpc) is 2.50. The molecule has 0 fully saturated rings. The third-order valence-corrected chi connectivity index (χ3v) is 3.22. The smallest absolute Gasteiger partial charge is 0.135 e. The molecule has 0 heterocycles. The van der Waals surface area contributed by atoms with E-state index in [1.165, 1.54) is 11.1 Å². The second kappa shape index (κ2) is 5.62. The molecular weight excluding hydrogens is 244 g/mol.